The van der Waals surface area contributed by atoms with E-state index in [0.717, 1.165) is 22.2 Å². The molecule has 27 heavy (non-hydrogen) atoms. The number of aryl methyl sites for hydroxylation is 1. The molecule has 2 heterocycles. The minimum atomic E-state index is -0.573. The number of carbonyl (C=O) groups excluding carboxylic acids is 2. The van der Waals surface area contributed by atoms with E-state index in [0.29, 0.717) is 16.9 Å². The summed E-state index contributed by atoms with van der Waals surface area (Å²) in [4.78, 5) is 28.4. The minimum absolute atomic E-state index is 0.263. The van der Waals surface area contributed by atoms with E-state index in [4.69, 9.17) is 9.15 Å². The number of H-pyrrole nitrogens is 1. The Morgan fingerprint density at radius 2 is 1.74 bits per heavy atom. The van der Waals surface area contributed by atoms with E-state index in [1.165, 1.54) is 12.3 Å². The van der Waals surface area contributed by atoms with Crippen molar-refractivity contribution in [3.8, 4) is 11.3 Å². The second kappa shape index (κ2) is 6.96. The fourth-order valence-corrected chi connectivity index (χ4v) is 3.13. The number of Topliss-reactive ketones (excluding diaryl/α,β-unsaturated/α-hetero) is 1. The van der Waals surface area contributed by atoms with Crippen molar-refractivity contribution in [2.45, 2.75) is 6.92 Å². The number of ketones is 1. The number of hydrogen-bond donors (Lipinski definition) is 1. The molecule has 0 saturated heterocycles. The standard InChI is InChI=1S/C22H17NO4/c1-14-16(11-12-26-14)22(25)27-13-19(24)20-17-9-5-6-10-18(17)23-21(20)15-7-3-2-4-8-15/h2-12,23H,13H2,1H3. The van der Waals surface area contributed by atoms with Crippen LogP contribution < -0.4 is 0 Å². The number of rotatable bonds is 5. The Kier molecular flexibility index (Phi) is 4.34. The molecule has 4 rings (SSSR count). The average Bonchev–Trinajstić information content (AvgIpc) is 3.30. The first-order chi connectivity index (χ1) is 13.1. The van der Waals surface area contributed by atoms with E-state index in [9.17, 15) is 9.59 Å². The highest BCUT2D eigenvalue weighted by Crippen LogP contribution is 2.30. The Hall–Kier alpha value is -3.60. The molecule has 0 fully saturated rings. The topological polar surface area (TPSA) is 72.3 Å². The van der Waals surface area contributed by atoms with Crippen molar-refractivity contribution < 1.29 is 18.7 Å². The van der Waals surface area contributed by atoms with E-state index in [2.05, 4.69) is 4.98 Å². The second-order valence-corrected chi connectivity index (χ2v) is 6.18. The number of para-hydroxylation sites is 1. The summed E-state index contributed by atoms with van der Waals surface area (Å²) < 4.78 is 10.3. The second-order valence-electron chi connectivity index (χ2n) is 6.18. The Balaban J connectivity index is 1.67. The zero-order valence-corrected chi connectivity index (χ0v) is 14.7. The molecular formula is C22H17NO4. The summed E-state index contributed by atoms with van der Waals surface area (Å²) in [5.74, 6) is -0.374. The minimum Gasteiger partial charge on any atom is -0.469 e. The number of nitrogens with one attached hydrogen (secondary N) is 1. The van der Waals surface area contributed by atoms with Gasteiger partial charge in [0.15, 0.2) is 6.61 Å². The number of aromatic nitrogens is 1. The highest BCUT2D eigenvalue weighted by Gasteiger charge is 2.21. The van der Waals surface area contributed by atoms with Gasteiger partial charge in [-0.2, -0.15) is 0 Å². The molecule has 134 valence electrons. The molecule has 0 spiro atoms. The molecule has 4 aromatic rings. The predicted molar refractivity (Wildman–Crippen MR) is 102 cm³/mol. The molecular weight excluding hydrogens is 342 g/mol. The van der Waals surface area contributed by atoms with E-state index in [1.807, 2.05) is 54.6 Å². The van der Waals surface area contributed by atoms with Gasteiger partial charge in [-0.3, -0.25) is 4.79 Å². The molecule has 5 nitrogen and oxygen atoms in total. The largest absolute Gasteiger partial charge is 0.469 e. The van der Waals surface area contributed by atoms with E-state index < -0.39 is 5.97 Å². The van der Waals surface area contributed by atoms with Crippen LogP contribution in [0.3, 0.4) is 0 Å². The first kappa shape index (κ1) is 16.8. The van der Waals surface area contributed by atoms with Crippen LogP contribution in [0.5, 0.6) is 0 Å². The maximum absolute atomic E-state index is 13.0. The SMILES string of the molecule is Cc1occc1C(=O)OCC(=O)c1c(-c2ccccc2)[nH]c2ccccc12. The van der Waals surface area contributed by atoms with E-state index >= 15 is 0 Å². The normalized spacial score (nSPS) is 10.9. The van der Waals surface area contributed by atoms with Crippen molar-refractivity contribution in [3.63, 3.8) is 0 Å². The van der Waals surface area contributed by atoms with Crippen molar-refractivity contribution in [2.75, 3.05) is 6.61 Å². The molecule has 0 amide bonds. The summed E-state index contributed by atoms with van der Waals surface area (Å²) in [5.41, 5.74) is 3.32. The third kappa shape index (κ3) is 3.15. The molecule has 0 saturated carbocycles. The summed E-state index contributed by atoms with van der Waals surface area (Å²) in [7, 11) is 0. The van der Waals surface area contributed by atoms with Crippen LogP contribution in [-0.4, -0.2) is 23.3 Å². The Morgan fingerprint density at radius 3 is 2.48 bits per heavy atom. The van der Waals surface area contributed by atoms with Crippen molar-refractivity contribution in [3.05, 3.63) is 83.8 Å². The molecule has 0 aliphatic heterocycles. The summed E-state index contributed by atoms with van der Waals surface area (Å²) in [6.07, 6.45) is 1.42. The number of fused-ring (bicyclic) bond motifs is 1. The van der Waals surface area contributed by atoms with Crippen LogP contribution in [0.4, 0.5) is 0 Å². The van der Waals surface area contributed by atoms with Crippen LogP contribution in [-0.2, 0) is 4.74 Å². The molecule has 0 radical (unpaired) electrons. The molecule has 2 aromatic heterocycles. The van der Waals surface area contributed by atoms with Crippen LogP contribution >= 0.6 is 0 Å². The molecule has 0 unspecified atom stereocenters. The molecule has 2 aromatic carbocycles. The van der Waals surface area contributed by atoms with E-state index in [-0.39, 0.29) is 12.4 Å². The first-order valence-electron chi connectivity index (χ1n) is 8.55. The van der Waals surface area contributed by atoms with Gasteiger partial charge in [0, 0.05) is 10.9 Å². The number of ether oxygens (including phenoxy) is 1. The first-order valence-corrected chi connectivity index (χ1v) is 8.55. The Labute approximate surface area is 155 Å². The highest BCUT2D eigenvalue weighted by molar-refractivity contribution is 6.14. The van der Waals surface area contributed by atoms with Crippen LogP contribution in [0.1, 0.15) is 26.5 Å². The van der Waals surface area contributed by atoms with Gasteiger partial charge >= 0.3 is 5.97 Å². The molecule has 5 heteroatoms. The fourth-order valence-electron chi connectivity index (χ4n) is 3.13. The number of esters is 1. The summed E-state index contributed by atoms with van der Waals surface area (Å²) in [5, 5.41) is 0.803. The van der Waals surface area contributed by atoms with Crippen LogP contribution in [0.15, 0.2) is 71.3 Å². The lowest BCUT2D eigenvalue weighted by Gasteiger charge is -2.06. The molecule has 0 aliphatic rings. The zero-order chi connectivity index (χ0) is 18.8. The van der Waals surface area contributed by atoms with Gasteiger partial charge in [0.05, 0.1) is 17.5 Å². The number of furan rings is 1. The van der Waals surface area contributed by atoms with Crippen LogP contribution in [0.25, 0.3) is 22.2 Å². The van der Waals surface area contributed by atoms with Crippen LogP contribution in [0, 0.1) is 6.92 Å². The maximum atomic E-state index is 13.0. The van der Waals surface area contributed by atoms with Gasteiger partial charge in [-0.1, -0.05) is 48.5 Å². The molecule has 0 bridgehead atoms. The van der Waals surface area contributed by atoms with Crippen molar-refractivity contribution in [1.29, 1.82) is 0 Å². The molecule has 0 atom stereocenters. The maximum Gasteiger partial charge on any atom is 0.342 e. The quantitative estimate of drug-likeness (QED) is 0.411. The van der Waals surface area contributed by atoms with Gasteiger partial charge in [-0.05, 0) is 24.6 Å². The summed E-state index contributed by atoms with van der Waals surface area (Å²) in [6.45, 7) is 1.33. The molecule has 0 aliphatic carbocycles. The highest BCUT2D eigenvalue weighted by atomic mass is 16.5. The number of aromatic amines is 1. The van der Waals surface area contributed by atoms with Gasteiger partial charge < -0.3 is 14.1 Å². The average molecular weight is 359 g/mol. The lowest BCUT2D eigenvalue weighted by Crippen LogP contribution is -2.15. The summed E-state index contributed by atoms with van der Waals surface area (Å²) in [6, 6.07) is 18.7. The van der Waals surface area contributed by atoms with Gasteiger partial charge in [0.2, 0.25) is 5.78 Å². The smallest absolute Gasteiger partial charge is 0.342 e. The van der Waals surface area contributed by atoms with Crippen molar-refractivity contribution >= 4 is 22.7 Å². The lowest BCUT2D eigenvalue weighted by molar-refractivity contribution is 0.0473. The fraction of sp³-hybridized carbons (Fsp3) is 0.0909. The number of benzene rings is 2. The van der Waals surface area contributed by atoms with E-state index in [1.54, 1.807) is 6.92 Å². The van der Waals surface area contributed by atoms with Gasteiger partial charge in [-0.15, -0.1) is 0 Å². The lowest BCUT2D eigenvalue weighted by atomic mass is 10.0. The van der Waals surface area contributed by atoms with Gasteiger partial charge in [0.25, 0.3) is 0 Å². The zero-order valence-electron chi connectivity index (χ0n) is 14.7. The van der Waals surface area contributed by atoms with Gasteiger partial charge in [-0.25, -0.2) is 4.79 Å². The Morgan fingerprint density at radius 1 is 1.00 bits per heavy atom. The Bertz CT molecular complexity index is 1120. The molecule has 1 N–H and O–H groups in total. The van der Waals surface area contributed by atoms with Crippen LogP contribution in [0.2, 0.25) is 0 Å². The van der Waals surface area contributed by atoms with Crippen molar-refractivity contribution in [1.82, 2.24) is 4.98 Å². The number of hydrogen-bond acceptors (Lipinski definition) is 4. The predicted octanol–water partition coefficient (Wildman–Crippen LogP) is 4.78. The number of carbonyl (C=O) groups is 2. The van der Waals surface area contributed by atoms with Gasteiger partial charge in [0.1, 0.15) is 11.3 Å². The monoisotopic (exact) mass is 359 g/mol. The third-order valence-corrected chi connectivity index (χ3v) is 4.46. The third-order valence-electron chi connectivity index (χ3n) is 4.46. The summed E-state index contributed by atoms with van der Waals surface area (Å²) >= 11 is 0. The van der Waals surface area contributed by atoms with Crippen molar-refractivity contribution in [2.24, 2.45) is 0 Å².